The van der Waals surface area contributed by atoms with Gasteiger partial charge in [-0.25, -0.2) is 9.97 Å². The van der Waals surface area contributed by atoms with E-state index in [0.717, 1.165) is 0 Å². The summed E-state index contributed by atoms with van der Waals surface area (Å²) in [6, 6.07) is -0.734. The summed E-state index contributed by atoms with van der Waals surface area (Å²) in [5, 5.41) is 2.68. The number of nitrogens with one attached hydrogen (secondary N) is 1. The van der Waals surface area contributed by atoms with Gasteiger partial charge in [-0.2, -0.15) is 4.98 Å². The van der Waals surface area contributed by atoms with E-state index in [4.69, 9.17) is 19.7 Å². The molecule has 0 bridgehead atoms. The molecule has 0 spiro atoms. The molecular weight excluding hydrogens is 427 g/mol. The van der Waals surface area contributed by atoms with Crippen molar-refractivity contribution in [2.75, 3.05) is 18.6 Å². The minimum Gasteiger partial charge on any atom is -0.462 e. The average Bonchev–Trinajstić information content (AvgIpc) is 3.26. The van der Waals surface area contributed by atoms with Crippen molar-refractivity contribution in [3.63, 3.8) is 0 Å². The molecule has 2 aromatic rings. The van der Waals surface area contributed by atoms with Crippen LogP contribution in [0.25, 0.3) is 11.2 Å². The molecule has 1 aliphatic heterocycles. The van der Waals surface area contributed by atoms with Gasteiger partial charge < -0.3 is 24.6 Å². The summed E-state index contributed by atoms with van der Waals surface area (Å²) in [6.07, 6.45) is 2.38. The van der Waals surface area contributed by atoms with Crippen molar-refractivity contribution in [2.45, 2.75) is 58.6 Å². The maximum Gasteiger partial charge on any atom is 0.341 e. The fourth-order valence-electron chi connectivity index (χ4n) is 3.31. The fourth-order valence-corrected chi connectivity index (χ4v) is 4.30. The molecule has 0 aliphatic carbocycles. The summed E-state index contributed by atoms with van der Waals surface area (Å²) in [6.45, 7) is 6.96. The van der Waals surface area contributed by atoms with Crippen LogP contribution in [-0.2, 0) is 23.4 Å². The SMILES string of the molecule is CC(C)OC(=O)[C@H](C)NC[P@@](=O)(O)OC[C@@H]1C[C@H](C)[C@H](n2cnc3cnc(N)nc32)O1. The van der Waals surface area contributed by atoms with Crippen LogP contribution in [0.4, 0.5) is 5.95 Å². The van der Waals surface area contributed by atoms with Gasteiger partial charge in [0, 0.05) is 5.92 Å². The first kappa shape index (κ1) is 23.6. The van der Waals surface area contributed by atoms with Crippen LogP contribution in [-0.4, -0.2) is 61.5 Å². The molecule has 3 rings (SSSR count). The van der Waals surface area contributed by atoms with E-state index in [1.54, 1.807) is 37.9 Å². The first-order chi connectivity index (χ1) is 14.6. The Kier molecular flexibility index (Phi) is 7.28. The molecule has 0 saturated carbocycles. The summed E-state index contributed by atoms with van der Waals surface area (Å²) in [5.74, 6) is -0.271. The second-order valence-electron chi connectivity index (χ2n) is 7.95. The first-order valence-corrected chi connectivity index (χ1v) is 11.8. The number of fused-ring (bicyclic) bond motifs is 1. The Bertz CT molecular complexity index is 968. The van der Waals surface area contributed by atoms with Gasteiger partial charge in [-0.1, -0.05) is 6.92 Å². The topological polar surface area (TPSA) is 164 Å². The number of rotatable bonds is 9. The lowest BCUT2D eigenvalue weighted by atomic mass is 10.1. The molecular formula is C18H29N6O6P. The molecule has 0 amide bonds. The number of nitrogen functional groups attached to an aromatic ring is 1. The first-order valence-electron chi connectivity index (χ1n) is 10.1. The van der Waals surface area contributed by atoms with Gasteiger partial charge in [0.1, 0.15) is 17.8 Å². The molecule has 1 aliphatic rings. The van der Waals surface area contributed by atoms with Crippen molar-refractivity contribution in [2.24, 2.45) is 5.92 Å². The van der Waals surface area contributed by atoms with Crippen molar-refractivity contribution in [1.82, 2.24) is 24.8 Å². The average molecular weight is 456 g/mol. The maximum atomic E-state index is 12.3. The van der Waals surface area contributed by atoms with Crippen molar-refractivity contribution < 1.29 is 28.3 Å². The Hall–Kier alpha value is -2.11. The van der Waals surface area contributed by atoms with E-state index in [9.17, 15) is 14.3 Å². The summed E-state index contributed by atoms with van der Waals surface area (Å²) in [7, 11) is -3.97. The number of anilines is 1. The number of nitrogens with zero attached hydrogens (tertiary/aromatic N) is 4. The molecule has 172 valence electrons. The van der Waals surface area contributed by atoms with Gasteiger partial charge in [0.15, 0.2) is 5.65 Å². The Morgan fingerprint density at radius 3 is 2.90 bits per heavy atom. The van der Waals surface area contributed by atoms with Crippen LogP contribution < -0.4 is 11.1 Å². The molecule has 0 unspecified atom stereocenters. The molecule has 0 aromatic carbocycles. The lowest BCUT2D eigenvalue weighted by Gasteiger charge is -2.20. The highest BCUT2D eigenvalue weighted by Gasteiger charge is 2.36. The number of ether oxygens (including phenoxy) is 2. The number of hydrogen-bond acceptors (Lipinski definition) is 10. The van der Waals surface area contributed by atoms with E-state index in [1.807, 2.05) is 6.92 Å². The summed E-state index contributed by atoms with van der Waals surface area (Å²) < 4.78 is 30.5. The number of aromatic nitrogens is 4. The molecule has 2 aromatic heterocycles. The zero-order chi connectivity index (χ0) is 22.8. The molecule has 1 fully saturated rings. The monoisotopic (exact) mass is 456 g/mol. The van der Waals surface area contributed by atoms with E-state index in [2.05, 4.69) is 20.3 Å². The third-order valence-electron chi connectivity index (χ3n) is 4.83. The lowest BCUT2D eigenvalue weighted by molar-refractivity contribution is -0.149. The molecule has 3 heterocycles. The third-order valence-corrected chi connectivity index (χ3v) is 5.96. The van der Waals surface area contributed by atoms with Crippen LogP contribution in [0.5, 0.6) is 0 Å². The van der Waals surface area contributed by atoms with E-state index >= 15 is 0 Å². The Morgan fingerprint density at radius 1 is 1.45 bits per heavy atom. The Morgan fingerprint density at radius 2 is 2.19 bits per heavy atom. The van der Waals surface area contributed by atoms with E-state index in [0.29, 0.717) is 17.6 Å². The van der Waals surface area contributed by atoms with E-state index in [1.165, 1.54) is 0 Å². The number of carbonyl (C=O) groups excluding carboxylic acids is 1. The molecule has 0 radical (unpaired) electrons. The molecule has 13 heteroatoms. The molecule has 1 saturated heterocycles. The van der Waals surface area contributed by atoms with Gasteiger partial charge >= 0.3 is 13.6 Å². The summed E-state index contributed by atoms with van der Waals surface area (Å²) in [4.78, 5) is 34.3. The van der Waals surface area contributed by atoms with Gasteiger partial charge in [-0.15, -0.1) is 0 Å². The molecule has 31 heavy (non-hydrogen) atoms. The second kappa shape index (κ2) is 9.58. The van der Waals surface area contributed by atoms with Gasteiger partial charge in [-0.3, -0.25) is 19.2 Å². The van der Waals surface area contributed by atoms with Gasteiger partial charge in [-0.05, 0) is 27.2 Å². The quantitative estimate of drug-likeness (QED) is 0.369. The number of hydrogen-bond donors (Lipinski definition) is 3. The minimum absolute atomic E-state index is 0.0646. The van der Waals surface area contributed by atoms with Crippen LogP contribution in [0.2, 0.25) is 0 Å². The van der Waals surface area contributed by atoms with Crippen LogP contribution in [0.3, 0.4) is 0 Å². The number of carbonyl (C=O) groups is 1. The smallest absolute Gasteiger partial charge is 0.341 e. The van der Waals surface area contributed by atoms with Crippen LogP contribution in [0.15, 0.2) is 12.5 Å². The largest absolute Gasteiger partial charge is 0.462 e. The highest BCUT2D eigenvalue weighted by atomic mass is 31.2. The molecule has 5 atom stereocenters. The highest BCUT2D eigenvalue weighted by Crippen LogP contribution is 2.43. The molecule has 4 N–H and O–H groups in total. The van der Waals surface area contributed by atoms with Crippen LogP contribution >= 0.6 is 7.60 Å². The zero-order valence-corrected chi connectivity index (χ0v) is 18.9. The second-order valence-corrected chi connectivity index (χ2v) is 9.80. The van der Waals surface area contributed by atoms with E-state index < -0.39 is 19.6 Å². The van der Waals surface area contributed by atoms with Crippen LogP contribution in [0.1, 0.15) is 40.3 Å². The summed E-state index contributed by atoms with van der Waals surface area (Å²) in [5.41, 5.74) is 6.84. The van der Waals surface area contributed by atoms with Crippen LogP contribution in [0, 0.1) is 5.92 Å². The standard InChI is InChI=1S/C18H29N6O6P/c1-10(2)29-17(25)12(4)22-9-31(26,27)28-7-13-5-11(3)16(30-13)24-8-21-14-6-20-18(19)23-15(14)24/h6,8,10-13,16,22H,5,7,9H2,1-4H3,(H,26,27)(H2,19,20,23)/t11-,12-,13-,16+/m0/s1. The van der Waals surface area contributed by atoms with Gasteiger partial charge in [0.05, 0.1) is 37.6 Å². The third kappa shape index (κ3) is 5.98. The Balaban J connectivity index is 1.53. The number of imidazole rings is 1. The number of esters is 1. The lowest BCUT2D eigenvalue weighted by Crippen LogP contribution is -2.37. The molecule has 12 nitrogen and oxygen atoms in total. The zero-order valence-electron chi connectivity index (χ0n) is 18.0. The van der Waals surface area contributed by atoms with Crippen molar-refractivity contribution >= 4 is 30.7 Å². The predicted molar refractivity (Wildman–Crippen MR) is 112 cm³/mol. The van der Waals surface area contributed by atoms with Gasteiger partial charge in [0.25, 0.3) is 0 Å². The number of nitrogens with two attached hydrogens (primary N) is 1. The van der Waals surface area contributed by atoms with E-state index in [-0.39, 0.29) is 43.2 Å². The Labute approximate surface area is 180 Å². The fraction of sp³-hybridized carbons (Fsp3) is 0.667. The van der Waals surface area contributed by atoms with Crippen molar-refractivity contribution in [3.8, 4) is 0 Å². The predicted octanol–water partition coefficient (Wildman–Crippen LogP) is 1.42. The summed E-state index contributed by atoms with van der Waals surface area (Å²) >= 11 is 0. The normalized spacial score (nSPS) is 24.4. The van der Waals surface area contributed by atoms with Crippen molar-refractivity contribution in [3.05, 3.63) is 12.5 Å². The maximum absolute atomic E-state index is 12.3. The highest BCUT2D eigenvalue weighted by molar-refractivity contribution is 7.52. The van der Waals surface area contributed by atoms with Crippen molar-refractivity contribution in [1.29, 1.82) is 0 Å². The minimum atomic E-state index is -3.97. The van der Waals surface area contributed by atoms with Gasteiger partial charge in [0.2, 0.25) is 5.95 Å².